The molecule has 9 heteroatoms. The van der Waals surface area contributed by atoms with E-state index in [9.17, 15) is 4.79 Å². The Morgan fingerprint density at radius 3 is 2.54 bits per heavy atom. The van der Waals surface area contributed by atoms with Crippen molar-refractivity contribution in [2.45, 2.75) is 11.8 Å². The molecule has 146 valence electrons. The first-order valence-corrected chi connectivity index (χ1v) is 9.31. The highest BCUT2D eigenvalue weighted by Gasteiger charge is 2.11. The minimum absolute atomic E-state index is 0.122. The van der Waals surface area contributed by atoms with E-state index in [0.717, 1.165) is 11.8 Å². The Morgan fingerprint density at radius 1 is 1.04 bits per heavy atom. The summed E-state index contributed by atoms with van der Waals surface area (Å²) in [6.07, 6.45) is 0. The number of amides is 1. The van der Waals surface area contributed by atoms with E-state index in [1.807, 2.05) is 12.1 Å². The molecule has 0 spiro atoms. The molecule has 3 rings (SSSR count). The fourth-order valence-corrected chi connectivity index (χ4v) is 2.80. The summed E-state index contributed by atoms with van der Waals surface area (Å²) >= 11 is 1.15. The molecule has 0 atom stereocenters. The Balaban J connectivity index is 1.46. The molecule has 1 heterocycles. The molecule has 0 aliphatic rings. The SMILES string of the molecule is COc1cccc(NC(=O)CSc2nnc(COc3cccc(OC)c3)o2)c1. The van der Waals surface area contributed by atoms with Crippen LogP contribution in [0.4, 0.5) is 5.69 Å². The van der Waals surface area contributed by atoms with Crippen molar-refractivity contribution < 1.29 is 23.4 Å². The minimum atomic E-state index is -0.189. The number of anilines is 1. The van der Waals surface area contributed by atoms with Gasteiger partial charge in [-0.1, -0.05) is 23.9 Å². The van der Waals surface area contributed by atoms with Gasteiger partial charge in [0.05, 0.1) is 20.0 Å². The molecular formula is C19H19N3O5S. The van der Waals surface area contributed by atoms with Gasteiger partial charge in [0.15, 0.2) is 6.61 Å². The molecule has 0 aliphatic carbocycles. The number of carbonyl (C=O) groups is 1. The van der Waals surface area contributed by atoms with E-state index in [4.69, 9.17) is 18.6 Å². The van der Waals surface area contributed by atoms with Gasteiger partial charge in [-0.2, -0.15) is 0 Å². The molecule has 1 aromatic heterocycles. The fraction of sp³-hybridized carbons (Fsp3) is 0.211. The van der Waals surface area contributed by atoms with Gasteiger partial charge in [-0.3, -0.25) is 4.79 Å². The molecule has 8 nitrogen and oxygen atoms in total. The first-order chi connectivity index (χ1) is 13.7. The number of carbonyl (C=O) groups excluding carboxylic acids is 1. The predicted octanol–water partition coefficient (Wildman–Crippen LogP) is 3.40. The van der Waals surface area contributed by atoms with Gasteiger partial charge in [-0.15, -0.1) is 10.2 Å². The highest BCUT2D eigenvalue weighted by Crippen LogP contribution is 2.22. The number of hydrogen-bond donors (Lipinski definition) is 1. The number of nitrogens with one attached hydrogen (secondary N) is 1. The van der Waals surface area contributed by atoms with Crippen molar-refractivity contribution in [1.82, 2.24) is 10.2 Å². The fourth-order valence-electron chi connectivity index (χ4n) is 2.22. The highest BCUT2D eigenvalue weighted by molar-refractivity contribution is 7.99. The zero-order chi connectivity index (χ0) is 19.8. The predicted molar refractivity (Wildman–Crippen MR) is 104 cm³/mol. The van der Waals surface area contributed by atoms with Gasteiger partial charge in [-0.25, -0.2) is 0 Å². The molecule has 0 saturated carbocycles. The summed E-state index contributed by atoms with van der Waals surface area (Å²) in [5.41, 5.74) is 0.655. The number of hydrogen-bond acceptors (Lipinski definition) is 8. The molecule has 1 N–H and O–H groups in total. The van der Waals surface area contributed by atoms with Crippen LogP contribution in [-0.4, -0.2) is 36.1 Å². The smallest absolute Gasteiger partial charge is 0.277 e. The molecule has 1 amide bonds. The molecule has 0 bridgehead atoms. The lowest BCUT2D eigenvalue weighted by Crippen LogP contribution is -2.13. The number of thioether (sulfide) groups is 1. The lowest BCUT2D eigenvalue weighted by Gasteiger charge is -2.06. The maximum absolute atomic E-state index is 12.1. The summed E-state index contributed by atoms with van der Waals surface area (Å²) in [4.78, 5) is 12.1. The number of methoxy groups -OCH3 is 2. The van der Waals surface area contributed by atoms with E-state index < -0.39 is 0 Å². The second-order valence-electron chi connectivity index (χ2n) is 5.50. The Kier molecular flexibility index (Phi) is 6.74. The summed E-state index contributed by atoms with van der Waals surface area (Å²) in [5.74, 6) is 2.26. The molecule has 0 aliphatic heterocycles. The van der Waals surface area contributed by atoms with Crippen LogP contribution < -0.4 is 19.5 Å². The average Bonchev–Trinajstić information content (AvgIpc) is 3.19. The summed E-state index contributed by atoms with van der Waals surface area (Å²) in [7, 11) is 3.16. The van der Waals surface area contributed by atoms with Gasteiger partial charge in [0.1, 0.15) is 17.2 Å². The summed E-state index contributed by atoms with van der Waals surface area (Å²) in [6.45, 7) is 0.122. The first-order valence-electron chi connectivity index (χ1n) is 8.32. The summed E-state index contributed by atoms with van der Waals surface area (Å²) in [5, 5.41) is 10.9. The highest BCUT2D eigenvalue weighted by atomic mass is 32.2. The molecule has 0 saturated heterocycles. The van der Waals surface area contributed by atoms with Gasteiger partial charge in [-0.05, 0) is 24.3 Å². The van der Waals surface area contributed by atoms with Gasteiger partial charge in [0.25, 0.3) is 11.1 Å². The quantitative estimate of drug-likeness (QED) is 0.545. The van der Waals surface area contributed by atoms with E-state index in [2.05, 4.69) is 15.5 Å². The molecule has 28 heavy (non-hydrogen) atoms. The van der Waals surface area contributed by atoms with Crippen molar-refractivity contribution >= 4 is 23.4 Å². The number of rotatable bonds is 9. The van der Waals surface area contributed by atoms with Crippen molar-refractivity contribution in [2.75, 3.05) is 25.3 Å². The van der Waals surface area contributed by atoms with Crippen LogP contribution in [0, 0.1) is 0 Å². The third-order valence-corrected chi connectivity index (χ3v) is 4.35. The van der Waals surface area contributed by atoms with Crippen LogP contribution in [0.1, 0.15) is 5.89 Å². The van der Waals surface area contributed by atoms with Gasteiger partial charge in [0.2, 0.25) is 5.91 Å². The van der Waals surface area contributed by atoms with Gasteiger partial charge < -0.3 is 23.9 Å². The standard InChI is InChI=1S/C19H19N3O5S/c1-24-14-6-3-5-13(9-14)20-17(23)12-28-19-22-21-18(27-19)11-26-16-8-4-7-15(10-16)25-2/h3-10H,11-12H2,1-2H3,(H,20,23). The second-order valence-corrected chi connectivity index (χ2v) is 6.42. The van der Waals surface area contributed by atoms with E-state index in [0.29, 0.717) is 34.0 Å². The molecule has 0 unspecified atom stereocenters. The number of aromatic nitrogens is 2. The van der Waals surface area contributed by atoms with Crippen LogP contribution in [-0.2, 0) is 11.4 Å². The molecule has 2 aromatic carbocycles. The van der Waals surface area contributed by atoms with Crippen molar-refractivity contribution in [3.8, 4) is 17.2 Å². The van der Waals surface area contributed by atoms with Crippen LogP contribution in [0.25, 0.3) is 0 Å². The van der Waals surface area contributed by atoms with Crippen molar-refractivity contribution in [1.29, 1.82) is 0 Å². The summed E-state index contributed by atoms with van der Waals surface area (Å²) in [6, 6.07) is 14.3. The maximum atomic E-state index is 12.1. The monoisotopic (exact) mass is 401 g/mol. The molecule has 0 fully saturated rings. The van der Waals surface area contributed by atoms with Crippen molar-refractivity contribution in [3.05, 3.63) is 54.4 Å². The third kappa shape index (κ3) is 5.65. The van der Waals surface area contributed by atoms with Crippen LogP contribution >= 0.6 is 11.8 Å². The van der Waals surface area contributed by atoms with E-state index in [1.54, 1.807) is 50.6 Å². The van der Waals surface area contributed by atoms with Crippen LogP contribution in [0.15, 0.2) is 58.2 Å². The van der Waals surface area contributed by atoms with Crippen LogP contribution in [0.2, 0.25) is 0 Å². The molecule has 0 radical (unpaired) electrons. The number of ether oxygens (including phenoxy) is 3. The second kappa shape index (κ2) is 9.65. The van der Waals surface area contributed by atoms with E-state index in [-0.39, 0.29) is 18.3 Å². The van der Waals surface area contributed by atoms with Crippen molar-refractivity contribution in [2.24, 2.45) is 0 Å². The lowest BCUT2D eigenvalue weighted by molar-refractivity contribution is -0.113. The van der Waals surface area contributed by atoms with E-state index in [1.165, 1.54) is 0 Å². The Bertz CT molecular complexity index is 931. The Morgan fingerprint density at radius 2 is 1.75 bits per heavy atom. The first kappa shape index (κ1) is 19.6. The van der Waals surface area contributed by atoms with Crippen LogP contribution in [0.3, 0.4) is 0 Å². The molecular weight excluding hydrogens is 382 g/mol. The zero-order valence-electron chi connectivity index (χ0n) is 15.4. The van der Waals surface area contributed by atoms with Crippen molar-refractivity contribution in [3.63, 3.8) is 0 Å². The largest absolute Gasteiger partial charge is 0.497 e. The third-order valence-electron chi connectivity index (χ3n) is 3.53. The number of nitrogens with zero attached hydrogens (tertiary/aromatic N) is 2. The zero-order valence-corrected chi connectivity index (χ0v) is 16.2. The summed E-state index contributed by atoms with van der Waals surface area (Å²) < 4.78 is 21.4. The maximum Gasteiger partial charge on any atom is 0.277 e. The topological polar surface area (TPSA) is 95.7 Å². The molecule has 3 aromatic rings. The Labute approximate surface area is 166 Å². The van der Waals surface area contributed by atoms with Crippen LogP contribution in [0.5, 0.6) is 17.2 Å². The van der Waals surface area contributed by atoms with E-state index >= 15 is 0 Å². The van der Waals surface area contributed by atoms with Gasteiger partial charge >= 0.3 is 0 Å². The van der Waals surface area contributed by atoms with Gasteiger partial charge in [0, 0.05) is 17.8 Å². The normalized spacial score (nSPS) is 10.4. The minimum Gasteiger partial charge on any atom is -0.497 e. The lowest BCUT2D eigenvalue weighted by atomic mass is 10.3. The average molecular weight is 401 g/mol. The number of benzene rings is 2. The Hall–Kier alpha value is -3.20.